The molecule has 1 amide bonds. The largest absolute Gasteiger partial charge is 0.392 e. The Bertz CT molecular complexity index is 603. The number of aryl methyl sites for hydroxylation is 1. The van der Waals surface area contributed by atoms with E-state index in [4.69, 9.17) is 0 Å². The van der Waals surface area contributed by atoms with Gasteiger partial charge in [-0.3, -0.25) is 4.79 Å². The zero-order valence-corrected chi connectivity index (χ0v) is 11.9. The maximum atomic E-state index is 12.1. The Labute approximate surface area is 118 Å². The van der Waals surface area contributed by atoms with Gasteiger partial charge >= 0.3 is 0 Å². The number of hydrogen-bond acceptors (Lipinski definition) is 3. The molecule has 0 aromatic carbocycles. The fraction of sp³-hybridized carbons (Fsp3) is 0.333. The Morgan fingerprint density at radius 1 is 1.45 bits per heavy atom. The minimum Gasteiger partial charge on any atom is -0.392 e. The second-order valence-electron chi connectivity index (χ2n) is 4.87. The van der Waals surface area contributed by atoms with E-state index in [2.05, 4.69) is 10.3 Å². The number of nitrogens with zero attached hydrogens (tertiary/aromatic N) is 2. The number of hydrogen-bond donors (Lipinski definition) is 2. The van der Waals surface area contributed by atoms with Crippen LogP contribution in [-0.4, -0.2) is 33.2 Å². The van der Waals surface area contributed by atoms with Gasteiger partial charge in [0.1, 0.15) is 5.82 Å². The molecule has 1 atom stereocenters. The number of aliphatic hydroxyl groups is 1. The van der Waals surface area contributed by atoms with Crippen LogP contribution >= 0.6 is 0 Å². The third kappa shape index (κ3) is 2.88. The lowest BCUT2D eigenvalue weighted by molar-refractivity contribution is 0.0923. The van der Waals surface area contributed by atoms with Crippen molar-refractivity contribution in [1.29, 1.82) is 0 Å². The van der Waals surface area contributed by atoms with Gasteiger partial charge in [-0.1, -0.05) is 6.07 Å². The molecule has 2 heterocycles. The molecule has 0 fully saturated rings. The number of nitrogens with one attached hydrogen (secondary N) is 1. The summed E-state index contributed by atoms with van der Waals surface area (Å²) in [7, 11) is 0. The van der Waals surface area contributed by atoms with Crippen LogP contribution < -0.4 is 5.32 Å². The quantitative estimate of drug-likeness (QED) is 0.889. The molecule has 5 heteroatoms. The third-order valence-corrected chi connectivity index (χ3v) is 3.11. The summed E-state index contributed by atoms with van der Waals surface area (Å²) in [4.78, 5) is 16.4. The molecule has 2 aromatic heterocycles. The number of aromatic nitrogens is 2. The van der Waals surface area contributed by atoms with Crippen LogP contribution in [-0.2, 0) is 0 Å². The Morgan fingerprint density at radius 3 is 2.80 bits per heavy atom. The van der Waals surface area contributed by atoms with Gasteiger partial charge in [-0.15, -0.1) is 0 Å². The summed E-state index contributed by atoms with van der Waals surface area (Å²) in [6.07, 6.45) is 1.17. The van der Waals surface area contributed by atoms with Crippen LogP contribution in [0.2, 0.25) is 0 Å². The van der Waals surface area contributed by atoms with Gasteiger partial charge in [0, 0.05) is 24.1 Å². The first-order valence-corrected chi connectivity index (χ1v) is 6.57. The molecule has 0 aliphatic heterocycles. The van der Waals surface area contributed by atoms with Crippen LogP contribution in [0.15, 0.2) is 30.5 Å². The highest BCUT2D eigenvalue weighted by Crippen LogP contribution is 2.19. The van der Waals surface area contributed by atoms with Crippen molar-refractivity contribution >= 4 is 5.91 Å². The molecule has 0 aliphatic rings. The van der Waals surface area contributed by atoms with Crippen LogP contribution in [0.1, 0.15) is 28.7 Å². The first kappa shape index (κ1) is 14.3. The molecule has 0 saturated heterocycles. The normalized spacial score (nSPS) is 12.2. The van der Waals surface area contributed by atoms with E-state index >= 15 is 0 Å². The van der Waals surface area contributed by atoms with Gasteiger partial charge in [0.25, 0.3) is 5.91 Å². The maximum Gasteiger partial charge on any atom is 0.253 e. The molecular weight excluding hydrogens is 254 g/mol. The average molecular weight is 273 g/mol. The molecule has 0 saturated carbocycles. The van der Waals surface area contributed by atoms with Crippen LogP contribution in [0.3, 0.4) is 0 Å². The molecule has 0 spiro atoms. The third-order valence-electron chi connectivity index (χ3n) is 3.11. The van der Waals surface area contributed by atoms with E-state index in [1.165, 1.54) is 0 Å². The molecule has 0 radical (unpaired) electrons. The second kappa shape index (κ2) is 5.88. The van der Waals surface area contributed by atoms with Gasteiger partial charge < -0.3 is 15.0 Å². The van der Waals surface area contributed by atoms with Crippen molar-refractivity contribution in [2.45, 2.75) is 26.9 Å². The summed E-state index contributed by atoms with van der Waals surface area (Å²) in [5.74, 6) is 0.609. The highest BCUT2D eigenvalue weighted by molar-refractivity contribution is 5.95. The number of aliphatic hydroxyl groups excluding tert-OH is 1. The molecule has 1 unspecified atom stereocenters. The molecule has 106 valence electrons. The SMILES string of the molecule is Cc1cc(C(=O)NCC(C)O)c(C)n1-c1ccccn1. The van der Waals surface area contributed by atoms with Crippen molar-refractivity contribution in [1.82, 2.24) is 14.9 Å². The summed E-state index contributed by atoms with van der Waals surface area (Å²) in [6, 6.07) is 7.50. The average Bonchev–Trinajstić information content (AvgIpc) is 2.72. The predicted octanol–water partition coefficient (Wildman–Crippen LogP) is 1.60. The van der Waals surface area contributed by atoms with Crippen molar-refractivity contribution in [3.05, 3.63) is 47.4 Å². The van der Waals surface area contributed by atoms with Crippen LogP contribution in [0.4, 0.5) is 0 Å². The summed E-state index contributed by atoms with van der Waals surface area (Å²) < 4.78 is 1.94. The Morgan fingerprint density at radius 2 is 2.20 bits per heavy atom. The minimum atomic E-state index is -0.557. The van der Waals surface area contributed by atoms with Gasteiger partial charge in [0.2, 0.25) is 0 Å². The highest BCUT2D eigenvalue weighted by atomic mass is 16.3. The smallest absolute Gasteiger partial charge is 0.253 e. The molecule has 0 bridgehead atoms. The van der Waals surface area contributed by atoms with Crippen molar-refractivity contribution in [3.63, 3.8) is 0 Å². The van der Waals surface area contributed by atoms with Crippen LogP contribution in [0.25, 0.3) is 5.82 Å². The van der Waals surface area contributed by atoms with Crippen molar-refractivity contribution in [2.24, 2.45) is 0 Å². The van der Waals surface area contributed by atoms with Crippen LogP contribution in [0, 0.1) is 13.8 Å². The highest BCUT2D eigenvalue weighted by Gasteiger charge is 2.17. The fourth-order valence-corrected chi connectivity index (χ4v) is 2.17. The van der Waals surface area contributed by atoms with E-state index < -0.39 is 6.10 Å². The summed E-state index contributed by atoms with van der Waals surface area (Å²) in [5, 5.41) is 11.9. The number of pyridine rings is 1. The summed E-state index contributed by atoms with van der Waals surface area (Å²) in [6.45, 7) is 5.70. The standard InChI is InChI=1S/C15H19N3O2/c1-10-8-13(15(20)17-9-11(2)19)12(3)18(10)14-6-4-5-7-16-14/h4-8,11,19H,9H2,1-3H3,(H,17,20). The Kier molecular flexibility index (Phi) is 4.20. The van der Waals surface area contributed by atoms with Crippen molar-refractivity contribution in [3.8, 4) is 5.82 Å². The van der Waals surface area contributed by atoms with Gasteiger partial charge in [-0.05, 0) is 39.0 Å². The monoisotopic (exact) mass is 273 g/mol. The van der Waals surface area contributed by atoms with E-state index in [1.807, 2.05) is 42.7 Å². The molecular formula is C15H19N3O2. The second-order valence-corrected chi connectivity index (χ2v) is 4.87. The molecule has 5 nitrogen and oxygen atoms in total. The predicted molar refractivity (Wildman–Crippen MR) is 77.1 cm³/mol. The summed E-state index contributed by atoms with van der Waals surface area (Å²) in [5.41, 5.74) is 2.39. The topological polar surface area (TPSA) is 67.2 Å². The molecule has 0 aliphatic carbocycles. The van der Waals surface area contributed by atoms with E-state index in [0.29, 0.717) is 5.56 Å². The number of amides is 1. The van der Waals surface area contributed by atoms with Gasteiger partial charge in [-0.25, -0.2) is 4.98 Å². The zero-order valence-electron chi connectivity index (χ0n) is 11.9. The van der Waals surface area contributed by atoms with Gasteiger partial charge in [0.05, 0.1) is 11.7 Å². The molecule has 2 rings (SSSR count). The van der Waals surface area contributed by atoms with E-state index in [-0.39, 0.29) is 12.5 Å². The first-order chi connectivity index (χ1) is 9.50. The number of carbonyl (C=O) groups excluding carboxylic acids is 1. The van der Waals surface area contributed by atoms with E-state index in [1.54, 1.807) is 13.1 Å². The fourth-order valence-electron chi connectivity index (χ4n) is 2.17. The molecule has 2 N–H and O–H groups in total. The maximum absolute atomic E-state index is 12.1. The molecule has 20 heavy (non-hydrogen) atoms. The zero-order chi connectivity index (χ0) is 14.7. The van der Waals surface area contributed by atoms with Gasteiger partial charge in [0.15, 0.2) is 0 Å². The van der Waals surface area contributed by atoms with E-state index in [0.717, 1.165) is 17.2 Å². The number of carbonyl (C=O) groups is 1. The van der Waals surface area contributed by atoms with Gasteiger partial charge in [-0.2, -0.15) is 0 Å². The molecule has 2 aromatic rings. The first-order valence-electron chi connectivity index (χ1n) is 6.57. The lowest BCUT2D eigenvalue weighted by atomic mass is 10.2. The Balaban J connectivity index is 2.32. The van der Waals surface area contributed by atoms with Crippen molar-refractivity contribution < 1.29 is 9.90 Å². The van der Waals surface area contributed by atoms with Crippen LogP contribution in [0.5, 0.6) is 0 Å². The number of rotatable bonds is 4. The van der Waals surface area contributed by atoms with E-state index in [9.17, 15) is 9.90 Å². The summed E-state index contributed by atoms with van der Waals surface area (Å²) >= 11 is 0. The lowest BCUT2D eigenvalue weighted by Crippen LogP contribution is -2.30. The lowest BCUT2D eigenvalue weighted by Gasteiger charge is -2.09. The minimum absolute atomic E-state index is 0.179. The Hall–Kier alpha value is -2.14. The van der Waals surface area contributed by atoms with Crippen molar-refractivity contribution in [2.75, 3.05) is 6.54 Å².